The Hall–Kier alpha value is -1.10. The second kappa shape index (κ2) is 5.12. The number of aromatic nitrogens is 3. The van der Waals surface area contributed by atoms with Crippen molar-refractivity contribution in [1.29, 1.82) is 0 Å². The Morgan fingerprint density at radius 3 is 2.95 bits per heavy atom. The molecule has 0 saturated heterocycles. The van der Waals surface area contributed by atoms with Crippen molar-refractivity contribution < 1.29 is 0 Å². The number of nitrogens with zero attached hydrogens (tertiary/aromatic N) is 3. The highest BCUT2D eigenvalue weighted by Crippen LogP contribution is 2.23. The molecule has 98 valence electrons. The van der Waals surface area contributed by atoms with Gasteiger partial charge in [0.15, 0.2) is 5.65 Å². The van der Waals surface area contributed by atoms with Crippen LogP contribution in [-0.2, 0) is 12.4 Å². The average Bonchev–Trinajstić information content (AvgIpc) is 2.94. The van der Waals surface area contributed by atoms with Crippen molar-refractivity contribution in [3.8, 4) is 0 Å². The van der Waals surface area contributed by atoms with Gasteiger partial charge in [0.25, 0.3) is 0 Å². The molecule has 3 rings (SSSR count). The molecule has 0 bridgehead atoms. The molecule has 0 aliphatic heterocycles. The number of hydrogen-bond donors (Lipinski definition) is 0. The van der Waals surface area contributed by atoms with Crippen molar-refractivity contribution in [3.63, 3.8) is 0 Å². The maximum atomic E-state index is 5.98. The Bertz CT molecular complexity index is 733. The smallest absolute Gasteiger partial charge is 0.160 e. The third kappa shape index (κ3) is 2.36. The van der Waals surface area contributed by atoms with E-state index in [1.807, 2.05) is 6.07 Å². The summed E-state index contributed by atoms with van der Waals surface area (Å²) in [6, 6.07) is 3.93. The summed E-state index contributed by atoms with van der Waals surface area (Å²) in [5.41, 5.74) is 2.89. The molecule has 0 spiro atoms. The maximum absolute atomic E-state index is 5.98. The van der Waals surface area contributed by atoms with Gasteiger partial charge in [0.05, 0.1) is 17.4 Å². The van der Waals surface area contributed by atoms with E-state index in [1.165, 1.54) is 10.4 Å². The monoisotopic (exact) mass is 311 g/mol. The molecular formula is C13H11Cl2N3S. The van der Waals surface area contributed by atoms with Gasteiger partial charge in [0.1, 0.15) is 11.3 Å². The van der Waals surface area contributed by atoms with Gasteiger partial charge in [-0.1, -0.05) is 11.6 Å². The van der Waals surface area contributed by atoms with E-state index in [-0.39, 0.29) is 0 Å². The van der Waals surface area contributed by atoms with Crippen LogP contribution in [0.15, 0.2) is 23.7 Å². The standard InChI is InChI=1S/C13H11Cl2N3S/c1-8-2-3-19-11(8)7-18-12(5-14)17-10-4-9(15)6-16-13(10)18/h2-4,6H,5,7H2,1H3. The molecule has 0 aromatic carbocycles. The van der Waals surface area contributed by atoms with E-state index in [9.17, 15) is 0 Å². The van der Waals surface area contributed by atoms with Gasteiger partial charge < -0.3 is 4.57 Å². The molecule has 0 N–H and O–H groups in total. The van der Waals surface area contributed by atoms with E-state index in [1.54, 1.807) is 17.5 Å². The number of aryl methyl sites for hydroxylation is 1. The molecule has 0 amide bonds. The van der Waals surface area contributed by atoms with Crippen molar-refractivity contribution in [2.75, 3.05) is 0 Å². The van der Waals surface area contributed by atoms with Crippen LogP contribution in [0.2, 0.25) is 5.02 Å². The summed E-state index contributed by atoms with van der Waals surface area (Å²) in [5, 5.41) is 2.68. The first-order valence-electron chi connectivity index (χ1n) is 5.78. The Morgan fingerprint density at radius 1 is 1.42 bits per heavy atom. The summed E-state index contributed by atoms with van der Waals surface area (Å²) < 4.78 is 2.05. The van der Waals surface area contributed by atoms with E-state index in [4.69, 9.17) is 23.2 Å². The first-order chi connectivity index (χ1) is 9.19. The van der Waals surface area contributed by atoms with Crippen LogP contribution in [0.1, 0.15) is 16.3 Å². The van der Waals surface area contributed by atoms with Crippen molar-refractivity contribution in [2.45, 2.75) is 19.3 Å². The lowest BCUT2D eigenvalue weighted by molar-refractivity contribution is 0.777. The molecule has 3 aromatic heterocycles. The van der Waals surface area contributed by atoms with Crippen molar-refractivity contribution in [3.05, 3.63) is 45.0 Å². The minimum atomic E-state index is 0.360. The summed E-state index contributed by atoms with van der Waals surface area (Å²) in [6.45, 7) is 2.85. The number of imidazole rings is 1. The SMILES string of the molecule is Cc1ccsc1Cn1c(CCl)nc2cc(Cl)cnc21. The molecule has 19 heavy (non-hydrogen) atoms. The largest absolute Gasteiger partial charge is 0.306 e. The van der Waals surface area contributed by atoms with Gasteiger partial charge in [-0.15, -0.1) is 22.9 Å². The predicted molar refractivity (Wildman–Crippen MR) is 80.3 cm³/mol. The van der Waals surface area contributed by atoms with Gasteiger partial charge >= 0.3 is 0 Å². The summed E-state index contributed by atoms with van der Waals surface area (Å²) in [7, 11) is 0. The van der Waals surface area contributed by atoms with Crippen LogP contribution >= 0.6 is 34.5 Å². The minimum Gasteiger partial charge on any atom is -0.306 e. The fourth-order valence-corrected chi connectivity index (χ4v) is 3.26. The van der Waals surface area contributed by atoms with Gasteiger partial charge in [-0.3, -0.25) is 0 Å². The van der Waals surface area contributed by atoms with E-state index < -0.39 is 0 Å². The van der Waals surface area contributed by atoms with Crippen LogP contribution in [0, 0.1) is 6.92 Å². The fourth-order valence-electron chi connectivity index (χ4n) is 2.01. The third-order valence-electron chi connectivity index (χ3n) is 3.02. The number of hydrogen-bond acceptors (Lipinski definition) is 3. The van der Waals surface area contributed by atoms with Crippen molar-refractivity contribution in [2.24, 2.45) is 0 Å². The average molecular weight is 312 g/mol. The molecule has 3 heterocycles. The van der Waals surface area contributed by atoms with Crippen LogP contribution < -0.4 is 0 Å². The molecular weight excluding hydrogens is 301 g/mol. The molecule has 0 atom stereocenters. The Morgan fingerprint density at radius 2 is 2.26 bits per heavy atom. The Kier molecular flexibility index (Phi) is 3.48. The number of thiophene rings is 1. The summed E-state index contributed by atoms with van der Waals surface area (Å²) in [5.74, 6) is 1.18. The van der Waals surface area contributed by atoms with Gasteiger partial charge in [0.2, 0.25) is 0 Å². The van der Waals surface area contributed by atoms with Gasteiger partial charge in [-0.2, -0.15) is 0 Å². The Labute approximate surface area is 124 Å². The van der Waals surface area contributed by atoms with Crippen LogP contribution in [0.4, 0.5) is 0 Å². The minimum absolute atomic E-state index is 0.360. The molecule has 3 aromatic rings. The van der Waals surface area contributed by atoms with Crippen LogP contribution in [0.25, 0.3) is 11.2 Å². The normalized spacial score (nSPS) is 11.3. The molecule has 0 radical (unpaired) electrons. The zero-order chi connectivity index (χ0) is 13.4. The van der Waals surface area contributed by atoms with Crippen molar-refractivity contribution in [1.82, 2.24) is 14.5 Å². The zero-order valence-corrected chi connectivity index (χ0v) is 12.6. The number of rotatable bonds is 3. The second-order valence-electron chi connectivity index (χ2n) is 4.27. The number of halogens is 2. The highest BCUT2D eigenvalue weighted by atomic mass is 35.5. The number of alkyl halides is 1. The quantitative estimate of drug-likeness (QED) is 0.677. The van der Waals surface area contributed by atoms with Crippen LogP contribution in [0.5, 0.6) is 0 Å². The predicted octanol–water partition coefficient (Wildman–Crippen LogP) is 4.24. The van der Waals surface area contributed by atoms with Gasteiger partial charge in [-0.05, 0) is 30.0 Å². The first kappa shape index (κ1) is 12.9. The van der Waals surface area contributed by atoms with E-state index >= 15 is 0 Å². The lowest BCUT2D eigenvalue weighted by atomic mass is 10.3. The molecule has 0 fully saturated rings. The molecule has 0 aliphatic carbocycles. The van der Waals surface area contributed by atoms with Gasteiger partial charge in [-0.25, -0.2) is 9.97 Å². The lowest BCUT2D eigenvalue weighted by Crippen LogP contribution is -2.04. The Balaban J connectivity index is 2.13. The van der Waals surface area contributed by atoms with Gasteiger partial charge in [0, 0.05) is 11.1 Å². The summed E-state index contributed by atoms with van der Waals surface area (Å²) in [6.07, 6.45) is 1.64. The van der Waals surface area contributed by atoms with Crippen LogP contribution in [0.3, 0.4) is 0 Å². The van der Waals surface area contributed by atoms with Crippen molar-refractivity contribution >= 4 is 45.7 Å². The number of pyridine rings is 1. The molecule has 0 unspecified atom stereocenters. The number of fused-ring (bicyclic) bond motifs is 1. The highest BCUT2D eigenvalue weighted by Gasteiger charge is 2.13. The zero-order valence-electron chi connectivity index (χ0n) is 10.2. The van der Waals surface area contributed by atoms with E-state index in [0.717, 1.165) is 23.5 Å². The summed E-state index contributed by atoms with van der Waals surface area (Å²) >= 11 is 13.7. The summed E-state index contributed by atoms with van der Waals surface area (Å²) in [4.78, 5) is 10.2. The maximum Gasteiger partial charge on any atom is 0.160 e. The highest BCUT2D eigenvalue weighted by molar-refractivity contribution is 7.10. The third-order valence-corrected chi connectivity index (χ3v) is 4.47. The van der Waals surface area contributed by atoms with E-state index in [0.29, 0.717) is 10.9 Å². The first-order valence-corrected chi connectivity index (χ1v) is 7.58. The van der Waals surface area contributed by atoms with Crippen LogP contribution in [-0.4, -0.2) is 14.5 Å². The fraction of sp³-hybridized carbons (Fsp3) is 0.231. The molecule has 3 nitrogen and oxygen atoms in total. The van der Waals surface area contributed by atoms with E-state index in [2.05, 4.69) is 32.9 Å². The second-order valence-corrected chi connectivity index (χ2v) is 5.98. The molecule has 0 aliphatic rings. The topological polar surface area (TPSA) is 30.7 Å². The molecule has 6 heteroatoms. The molecule has 0 saturated carbocycles. The lowest BCUT2D eigenvalue weighted by Gasteiger charge is -2.06.